The highest BCUT2D eigenvalue weighted by atomic mass is 16.5. The fourth-order valence-electron chi connectivity index (χ4n) is 2.18. The van der Waals surface area contributed by atoms with Crippen molar-refractivity contribution in [2.75, 3.05) is 7.11 Å². The fraction of sp³-hybridized carbons (Fsp3) is 0.588. The molecular weight excluding hydrogens is 268 g/mol. The average molecular weight is 294 g/mol. The van der Waals surface area contributed by atoms with Gasteiger partial charge in [0.05, 0.1) is 19.8 Å². The van der Waals surface area contributed by atoms with Gasteiger partial charge in [-0.3, -0.25) is 0 Å². The molecule has 1 aromatic carbocycles. The van der Waals surface area contributed by atoms with Gasteiger partial charge in [0.25, 0.3) is 0 Å². The largest absolute Gasteiger partial charge is 0.496 e. The van der Waals surface area contributed by atoms with Crippen LogP contribution >= 0.6 is 0 Å². The molecule has 21 heavy (non-hydrogen) atoms. The number of hydrogen-bond donors (Lipinski definition) is 1. The lowest BCUT2D eigenvalue weighted by molar-refractivity contribution is 0.0457. The predicted octanol–water partition coefficient (Wildman–Crippen LogP) is 4.27. The highest BCUT2D eigenvalue weighted by molar-refractivity contribution is 5.90. The summed E-state index contributed by atoms with van der Waals surface area (Å²) >= 11 is 0. The summed E-state index contributed by atoms with van der Waals surface area (Å²) in [4.78, 5) is 11.0. The standard InChI is InChI=1S/C17H26O4/c1-4-5-6-7-8-13(2)21-12-14-9-10-15(17(18)19)16(11-14)20-3/h9-11,13H,4-8,12H2,1-3H3,(H,18,19). The zero-order valence-electron chi connectivity index (χ0n) is 13.2. The van der Waals surface area contributed by atoms with Crippen molar-refractivity contribution in [3.05, 3.63) is 29.3 Å². The van der Waals surface area contributed by atoms with Crippen molar-refractivity contribution in [3.8, 4) is 5.75 Å². The Morgan fingerprint density at radius 1 is 1.29 bits per heavy atom. The molecule has 1 N–H and O–H groups in total. The molecule has 1 unspecified atom stereocenters. The number of carboxylic acid groups (broad SMARTS) is 1. The van der Waals surface area contributed by atoms with Gasteiger partial charge in [-0.25, -0.2) is 4.79 Å². The van der Waals surface area contributed by atoms with Crippen LogP contribution in [-0.4, -0.2) is 24.3 Å². The third kappa shape index (κ3) is 6.17. The smallest absolute Gasteiger partial charge is 0.339 e. The summed E-state index contributed by atoms with van der Waals surface area (Å²) < 4.78 is 10.9. The minimum absolute atomic E-state index is 0.175. The number of carboxylic acids is 1. The van der Waals surface area contributed by atoms with Crippen LogP contribution in [0.3, 0.4) is 0 Å². The number of carbonyl (C=O) groups is 1. The Hall–Kier alpha value is -1.55. The Morgan fingerprint density at radius 3 is 2.67 bits per heavy atom. The van der Waals surface area contributed by atoms with Gasteiger partial charge >= 0.3 is 5.97 Å². The molecular formula is C17H26O4. The van der Waals surface area contributed by atoms with Gasteiger partial charge in [0.1, 0.15) is 11.3 Å². The van der Waals surface area contributed by atoms with Gasteiger partial charge in [-0.2, -0.15) is 0 Å². The van der Waals surface area contributed by atoms with E-state index in [0.717, 1.165) is 12.0 Å². The van der Waals surface area contributed by atoms with Crippen molar-refractivity contribution >= 4 is 5.97 Å². The van der Waals surface area contributed by atoms with Gasteiger partial charge in [0, 0.05) is 0 Å². The van der Waals surface area contributed by atoms with E-state index in [2.05, 4.69) is 13.8 Å². The van der Waals surface area contributed by atoms with E-state index >= 15 is 0 Å². The third-order valence-electron chi connectivity index (χ3n) is 3.50. The minimum Gasteiger partial charge on any atom is -0.496 e. The van der Waals surface area contributed by atoms with Crippen LogP contribution < -0.4 is 4.74 Å². The van der Waals surface area contributed by atoms with Crippen molar-refractivity contribution in [1.29, 1.82) is 0 Å². The topological polar surface area (TPSA) is 55.8 Å². The second kappa shape index (κ2) is 9.40. The molecule has 0 aliphatic rings. The second-order valence-corrected chi connectivity index (χ2v) is 5.31. The van der Waals surface area contributed by atoms with Crippen LogP contribution in [-0.2, 0) is 11.3 Å². The molecule has 0 fully saturated rings. The van der Waals surface area contributed by atoms with Crippen molar-refractivity contribution < 1.29 is 19.4 Å². The van der Waals surface area contributed by atoms with Crippen molar-refractivity contribution in [2.45, 2.75) is 58.7 Å². The van der Waals surface area contributed by atoms with Crippen molar-refractivity contribution in [1.82, 2.24) is 0 Å². The number of rotatable bonds is 10. The van der Waals surface area contributed by atoms with Crippen LogP contribution in [0.25, 0.3) is 0 Å². The van der Waals surface area contributed by atoms with Crippen molar-refractivity contribution in [2.24, 2.45) is 0 Å². The quantitative estimate of drug-likeness (QED) is 0.655. The monoisotopic (exact) mass is 294 g/mol. The maximum Gasteiger partial charge on any atom is 0.339 e. The lowest BCUT2D eigenvalue weighted by Gasteiger charge is -2.14. The number of methoxy groups -OCH3 is 1. The fourth-order valence-corrected chi connectivity index (χ4v) is 2.18. The molecule has 118 valence electrons. The van der Waals surface area contributed by atoms with Gasteiger partial charge < -0.3 is 14.6 Å². The van der Waals surface area contributed by atoms with Gasteiger partial charge in [-0.15, -0.1) is 0 Å². The molecule has 0 aliphatic carbocycles. The minimum atomic E-state index is -0.983. The van der Waals surface area contributed by atoms with Gasteiger partial charge in [-0.05, 0) is 31.0 Å². The molecule has 0 aliphatic heterocycles. The Bertz CT molecular complexity index is 442. The molecule has 0 heterocycles. The maximum atomic E-state index is 11.0. The zero-order valence-corrected chi connectivity index (χ0v) is 13.2. The van der Waals surface area contributed by atoms with E-state index < -0.39 is 5.97 Å². The summed E-state index contributed by atoms with van der Waals surface area (Å²) in [7, 11) is 1.47. The summed E-state index contributed by atoms with van der Waals surface area (Å²) in [6.45, 7) is 4.76. The summed E-state index contributed by atoms with van der Waals surface area (Å²) in [5.41, 5.74) is 1.10. The first-order chi connectivity index (χ1) is 10.1. The van der Waals surface area contributed by atoms with E-state index in [0.29, 0.717) is 12.4 Å². The number of benzene rings is 1. The predicted molar refractivity (Wildman–Crippen MR) is 83.0 cm³/mol. The van der Waals surface area contributed by atoms with Crippen molar-refractivity contribution in [3.63, 3.8) is 0 Å². The number of unbranched alkanes of at least 4 members (excludes halogenated alkanes) is 3. The number of aromatic carboxylic acids is 1. The Labute approximate surface area is 127 Å². The van der Waals surface area contributed by atoms with Gasteiger partial charge in [-0.1, -0.05) is 38.7 Å². The molecule has 0 radical (unpaired) electrons. The zero-order chi connectivity index (χ0) is 15.7. The average Bonchev–Trinajstić information content (AvgIpc) is 2.49. The van der Waals surface area contributed by atoms with Crippen LogP contribution in [0.4, 0.5) is 0 Å². The van der Waals surface area contributed by atoms with E-state index in [9.17, 15) is 4.79 Å². The van der Waals surface area contributed by atoms with E-state index in [1.807, 2.05) is 0 Å². The molecule has 4 nitrogen and oxygen atoms in total. The van der Waals surface area contributed by atoms with Crippen LogP contribution in [0, 0.1) is 0 Å². The molecule has 1 rings (SSSR count). The summed E-state index contributed by atoms with van der Waals surface area (Å²) in [6, 6.07) is 5.06. The van der Waals surface area contributed by atoms with E-state index in [4.69, 9.17) is 14.6 Å². The Kier molecular flexibility index (Phi) is 7.83. The normalized spacial score (nSPS) is 12.1. The van der Waals surface area contributed by atoms with Crippen LogP contribution in [0.1, 0.15) is 61.9 Å². The summed E-state index contributed by atoms with van der Waals surface area (Å²) in [5, 5.41) is 9.04. The number of ether oxygens (including phenoxy) is 2. The molecule has 0 bridgehead atoms. The highest BCUT2D eigenvalue weighted by Gasteiger charge is 2.11. The molecule has 0 amide bonds. The summed E-state index contributed by atoms with van der Waals surface area (Å²) in [5.74, 6) is -0.609. The highest BCUT2D eigenvalue weighted by Crippen LogP contribution is 2.21. The number of hydrogen-bond acceptors (Lipinski definition) is 3. The lowest BCUT2D eigenvalue weighted by atomic mass is 10.1. The van der Waals surface area contributed by atoms with Crippen LogP contribution in [0.15, 0.2) is 18.2 Å². The molecule has 0 spiro atoms. The van der Waals surface area contributed by atoms with E-state index in [1.165, 1.54) is 32.8 Å². The lowest BCUT2D eigenvalue weighted by Crippen LogP contribution is -2.08. The first-order valence-corrected chi connectivity index (χ1v) is 7.60. The summed E-state index contributed by atoms with van der Waals surface area (Å²) in [6.07, 6.45) is 6.24. The first-order valence-electron chi connectivity index (χ1n) is 7.60. The Balaban J connectivity index is 2.46. The Morgan fingerprint density at radius 2 is 2.05 bits per heavy atom. The second-order valence-electron chi connectivity index (χ2n) is 5.31. The molecule has 0 aromatic heterocycles. The van der Waals surface area contributed by atoms with E-state index in [1.54, 1.807) is 18.2 Å². The molecule has 1 aromatic rings. The molecule has 0 saturated carbocycles. The van der Waals surface area contributed by atoms with E-state index in [-0.39, 0.29) is 11.7 Å². The maximum absolute atomic E-state index is 11.0. The third-order valence-corrected chi connectivity index (χ3v) is 3.50. The van der Waals surface area contributed by atoms with Gasteiger partial charge in [0.2, 0.25) is 0 Å². The van der Waals surface area contributed by atoms with Crippen LogP contribution in [0.2, 0.25) is 0 Å². The SMILES string of the molecule is CCCCCCC(C)OCc1ccc(C(=O)O)c(OC)c1. The van der Waals surface area contributed by atoms with Gasteiger partial charge in [0.15, 0.2) is 0 Å². The molecule has 1 atom stereocenters. The molecule has 4 heteroatoms. The van der Waals surface area contributed by atoms with Crippen LogP contribution in [0.5, 0.6) is 5.75 Å². The molecule has 0 saturated heterocycles. The first kappa shape index (κ1) is 17.5.